The summed E-state index contributed by atoms with van der Waals surface area (Å²) in [5.41, 5.74) is 0. The monoisotopic (exact) mass is 228 g/mol. The van der Waals surface area contributed by atoms with E-state index in [4.69, 9.17) is 14.4 Å². The van der Waals surface area contributed by atoms with Crippen LogP contribution in [0.2, 0.25) is 0 Å². The van der Waals surface area contributed by atoms with Gasteiger partial charge in [0.25, 0.3) is 0 Å². The molecule has 0 bridgehead atoms. The Balaban J connectivity index is 2.65. The van der Waals surface area contributed by atoms with Crippen molar-refractivity contribution in [2.45, 2.75) is 39.7 Å². The van der Waals surface area contributed by atoms with Crippen LogP contribution in [0.15, 0.2) is 4.52 Å². The van der Waals surface area contributed by atoms with Crippen molar-refractivity contribution in [2.75, 3.05) is 13.2 Å². The molecule has 1 unspecified atom stereocenters. The average Bonchev–Trinajstić information content (AvgIpc) is 2.70. The molecular weight excluding hydrogens is 208 g/mol. The normalized spacial score (nSPS) is 13.3. The molecule has 1 aromatic heterocycles. The number of aromatic nitrogens is 2. The summed E-state index contributed by atoms with van der Waals surface area (Å²) in [5, 5.41) is 12.6. The second kappa shape index (κ2) is 6.60. The quantitative estimate of drug-likeness (QED) is 0.769. The highest BCUT2D eigenvalue weighted by atomic mass is 16.5. The number of hydrogen-bond acceptors (Lipinski definition) is 5. The SMILES string of the molecule is CCOC(c1noc(CCCO)n1)C(C)C. The van der Waals surface area contributed by atoms with Gasteiger partial charge in [0.1, 0.15) is 6.10 Å². The Bertz CT molecular complexity index is 299. The van der Waals surface area contributed by atoms with Crippen LogP contribution >= 0.6 is 0 Å². The second-order valence-corrected chi connectivity index (χ2v) is 3.99. The van der Waals surface area contributed by atoms with Crippen molar-refractivity contribution in [1.29, 1.82) is 0 Å². The summed E-state index contributed by atoms with van der Waals surface area (Å²) in [6.45, 7) is 6.83. The van der Waals surface area contributed by atoms with E-state index in [0.29, 0.717) is 37.1 Å². The molecule has 1 aromatic rings. The summed E-state index contributed by atoms with van der Waals surface area (Å²) < 4.78 is 10.7. The highest BCUT2D eigenvalue weighted by molar-refractivity contribution is 4.92. The van der Waals surface area contributed by atoms with E-state index in [9.17, 15) is 0 Å². The van der Waals surface area contributed by atoms with Gasteiger partial charge in [-0.1, -0.05) is 19.0 Å². The number of hydrogen-bond donors (Lipinski definition) is 1. The van der Waals surface area contributed by atoms with Crippen LogP contribution in [0.1, 0.15) is 45.0 Å². The van der Waals surface area contributed by atoms with Crippen LogP contribution in [0.4, 0.5) is 0 Å². The predicted octanol–water partition coefficient (Wildman–Crippen LogP) is 1.73. The van der Waals surface area contributed by atoms with Gasteiger partial charge >= 0.3 is 0 Å². The van der Waals surface area contributed by atoms with Gasteiger partial charge in [-0.3, -0.25) is 0 Å². The van der Waals surface area contributed by atoms with Gasteiger partial charge in [-0.05, 0) is 19.3 Å². The van der Waals surface area contributed by atoms with Crippen LogP contribution in [0.5, 0.6) is 0 Å². The topological polar surface area (TPSA) is 68.4 Å². The molecule has 92 valence electrons. The van der Waals surface area contributed by atoms with E-state index in [2.05, 4.69) is 24.0 Å². The third-order valence-corrected chi connectivity index (χ3v) is 2.24. The molecule has 1 heterocycles. The Morgan fingerprint density at radius 1 is 1.44 bits per heavy atom. The fourth-order valence-electron chi connectivity index (χ4n) is 1.46. The molecule has 1 N–H and O–H groups in total. The minimum atomic E-state index is -0.114. The summed E-state index contributed by atoms with van der Waals surface area (Å²) in [7, 11) is 0. The Labute approximate surface area is 95.8 Å². The Morgan fingerprint density at radius 2 is 2.19 bits per heavy atom. The highest BCUT2D eigenvalue weighted by Gasteiger charge is 2.21. The second-order valence-electron chi connectivity index (χ2n) is 3.99. The Hall–Kier alpha value is -0.940. The zero-order valence-corrected chi connectivity index (χ0v) is 10.1. The highest BCUT2D eigenvalue weighted by Crippen LogP contribution is 2.23. The summed E-state index contributed by atoms with van der Waals surface area (Å²) in [4.78, 5) is 4.27. The van der Waals surface area contributed by atoms with Gasteiger partial charge in [-0.25, -0.2) is 0 Å². The molecule has 0 aliphatic carbocycles. The van der Waals surface area contributed by atoms with Gasteiger partial charge in [-0.2, -0.15) is 4.98 Å². The van der Waals surface area contributed by atoms with Crippen molar-refractivity contribution in [2.24, 2.45) is 5.92 Å². The third kappa shape index (κ3) is 3.57. The largest absolute Gasteiger partial charge is 0.396 e. The maximum atomic E-state index is 8.70. The van der Waals surface area contributed by atoms with E-state index in [-0.39, 0.29) is 12.7 Å². The maximum absolute atomic E-state index is 8.70. The first kappa shape index (κ1) is 13.1. The van der Waals surface area contributed by atoms with Crippen molar-refractivity contribution >= 4 is 0 Å². The van der Waals surface area contributed by atoms with Crippen molar-refractivity contribution in [3.63, 3.8) is 0 Å². The van der Waals surface area contributed by atoms with E-state index in [1.165, 1.54) is 0 Å². The Kier molecular flexibility index (Phi) is 5.42. The fraction of sp³-hybridized carbons (Fsp3) is 0.818. The molecule has 0 spiro atoms. The lowest BCUT2D eigenvalue weighted by molar-refractivity contribution is 0.0217. The molecule has 0 amide bonds. The molecule has 1 rings (SSSR count). The van der Waals surface area contributed by atoms with Crippen molar-refractivity contribution < 1.29 is 14.4 Å². The molecule has 1 atom stereocenters. The van der Waals surface area contributed by atoms with Gasteiger partial charge in [-0.15, -0.1) is 0 Å². The predicted molar refractivity (Wildman–Crippen MR) is 58.9 cm³/mol. The molecule has 0 radical (unpaired) electrons. The molecule has 16 heavy (non-hydrogen) atoms. The lowest BCUT2D eigenvalue weighted by Crippen LogP contribution is -2.12. The van der Waals surface area contributed by atoms with Crippen LogP contribution < -0.4 is 0 Å². The van der Waals surface area contributed by atoms with E-state index >= 15 is 0 Å². The number of ether oxygens (including phenoxy) is 1. The first-order chi connectivity index (χ1) is 7.69. The van der Waals surface area contributed by atoms with Crippen molar-refractivity contribution in [3.8, 4) is 0 Å². The van der Waals surface area contributed by atoms with Gasteiger partial charge in [0.05, 0.1) is 0 Å². The first-order valence-electron chi connectivity index (χ1n) is 5.74. The zero-order valence-electron chi connectivity index (χ0n) is 10.1. The van der Waals surface area contributed by atoms with Crippen LogP contribution in [-0.2, 0) is 11.2 Å². The summed E-state index contributed by atoms with van der Waals surface area (Å²) >= 11 is 0. The van der Waals surface area contributed by atoms with Crippen molar-refractivity contribution in [3.05, 3.63) is 11.7 Å². The minimum Gasteiger partial charge on any atom is -0.396 e. The molecule has 0 saturated heterocycles. The number of aliphatic hydroxyl groups is 1. The molecule has 0 aliphatic rings. The lowest BCUT2D eigenvalue weighted by atomic mass is 10.1. The van der Waals surface area contributed by atoms with Gasteiger partial charge in [0.2, 0.25) is 11.7 Å². The zero-order chi connectivity index (χ0) is 12.0. The van der Waals surface area contributed by atoms with Crippen LogP contribution in [0.25, 0.3) is 0 Å². The summed E-state index contributed by atoms with van der Waals surface area (Å²) in [5.74, 6) is 1.47. The standard InChI is InChI=1S/C11H20N2O3/c1-4-15-10(8(2)3)11-12-9(16-13-11)6-5-7-14/h8,10,14H,4-7H2,1-3H3. The van der Waals surface area contributed by atoms with Crippen LogP contribution in [0.3, 0.4) is 0 Å². The molecule has 0 saturated carbocycles. The number of nitrogens with zero attached hydrogens (tertiary/aromatic N) is 2. The average molecular weight is 228 g/mol. The van der Waals surface area contributed by atoms with E-state index < -0.39 is 0 Å². The van der Waals surface area contributed by atoms with Gasteiger partial charge < -0.3 is 14.4 Å². The van der Waals surface area contributed by atoms with E-state index in [0.717, 1.165) is 0 Å². The van der Waals surface area contributed by atoms with Gasteiger partial charge in [0.15, 0.2) is 0 Å². The molecule has 0 aromatic carbocycles. The molecule has 0 fully saturated rings. The molecule has 5 nitrogen and oxygen atoms in total. The van der Waals surface area contributed by atoms with E-state index in [1.807, 2.05) is 6.92 Å². The molecule has 5 heteroatoms. The van der Waals surface area contributed by atoms with E-state index in [1.54, 1.807) is 0 Å². The number of aliphatic hydroxyl groups excluding tert-OH is 1. The summed E-state index contributed by atoms with van der Waals surface area (Å²) in [6.07, 6.45) is 1.14. The maximum Gasteiger partial charge on any atom is 0.226 e. The summed E-state index contributed by atoms with van der Waals surface area (Å²) in [6, 6.07) is 0. The Morgan fingerprint density at radius 3 is 2.75 bits per heavy atom. The van der Waals surface area contributed by atoms with Gasteiger partial charge in [0, 0.05) is 19.6 Å². The van der Waals surface area contributed by atoms with Crippen LogP contribution in [-0.4, -0.2) is 28.5 Å². The fourth-order valence-corrected chi connectivity index (χ4v) is 1.46. The molecular formula is C11H20N2O3. The molecule has 0 aliphatic heterocycles. The van der Waals surface area contributed by atoms with Crippen LogP contribution in [0, 0.1) is 5.92 Å². The smallest absolute Gasteiger partial charge is 0.226 e. The first-order valence-corrected chi connectivity index (χ1v) is 5.74. The number of aryl methyl sites for hydroxylation is 1. The number of rotatable bonds is 7. The lowest BCUT2D eigenvalue weighted by Gasteiger charge is -2.16. The van der Waals surface area contributed by atoms with Crippen molar-refractivity contribution in [1.82, 2.24) is 10.1 Å². The third-order valence-electron chi connectivity index (χ3n) is 2.24. The minimum absolute atomic E-state index is 0.114.